The quantitative estimate of drug-likeness (QED) is 0.213. The van der Waals surface area contributed by atoms with Gasteiger partial charge in [-0.3, -0.25) is 4.79 Å². The van der Waals surface area contributed by atoms with E-state index >= 15 is 0 Å². The molecule has 0 bridgehead atoms. The number of hydrogen-bond donors (Lipinski definition) is 1. The van der Waals surface area contributed by atoms with E-state index < -0.39 is 0 Å². The van der Waals surface area contributed by atoms with Crippen molar-refractivity contribution in [1.29, 1.82) is 0 Å². The Morgan fingerprint density at radius 1 is 0.914 bits per heavy atom. The summed E-state index contributed by atoms with van der Waals surface area (Å²) < 4.78 is 3.33. The van der Waals surface area contributed by atoms with Gasteiger partial charge in [0.05, 0.1) is 20.8 Å². The van der Waals surface area contributed by atoms with Gasteiger partial charge in [0.1, 0.15) is 14.1 Å². The number of hydrogen-bond acceptors (Lipinski definition) is 4. The molecule has 0 radical (unpaired) electrons. The van der Waals surface area contributed by atoms with Crippen LogP contribution in [0, 0.1) is 0 Å². The van der Waals surface area contributed by atoms with E-state index in [1.807, 2.05) is 49.5 Å². The predicted molar refractivity (Wildman–Crippen MR) is 145 cm³/mol. The van der Waals surface area contributed by atoms with Crippen LogP contribution in [-0.4, -0.2) is 31.9 Å². The normalized spacial score (nSPS) is 11.2. The summed E-state index contributed by atoms with van der Waals surface area (Å²) >= 11 is 1.80. The summed E-state index contributed by atoms with van der Waals surface area (Å²) in [5.74, 6) is 0.0489. The first kappa shape index (κ1) is 23.1. The molecule has 1 aliphatic heterocycles. The van der Waals surface area contributed by atoms with E-state index in [4.69, 9.17) is 4.98 Å². The van der Waals surface area contributed by atoms with E-state index in [-0.39, 0.29) is 5.78 Å². The van der Waals surface area contributed by atoms with Crippen molar-refractivity contribution in [2.24, 2.45) is 0 Å². The fraction of sp³-hybridized carbons (Fsp3) is 0.167. The number of carbonyl (C=O) groups is 1. The molecule has 3 aromatic rings. The van der Waals surface area contributed by atoms with Crippen molar-refractivity contribution < 1.29 is 4.79 Å². The molecule has 0 unspecified atom stereocenters. The Kier molecular flexibility index (Phi) is 6.53. The molecule has 1 N–H and O–H groups in total. The fourth-order valence-electron chi connectivity index (χ4n) is 4.34. The van der Waals surface area contributed by atoms with Gasteiger partial charge in [-0.2, -0.15) is 0 Å². The highest BCUT2D eigenvalue weighted by atomic mass is 32.1. The minimum atomic E-state index is 0.0489. The zero-order chi connectivity index (χ0) is 24.4. The second kappa shape index (κ2) is 9.90. The van der Waals surface area contributed by atoms with Gasteiger partial charge in [0.25, 0.3) is 0 Å². The monoisotopic (exact) mass is 478 g/mol. The molecule has 1 aliphatic carbocycles. The first-order valence-electron chi connectivity index (χ1n) is 11.7. The first-order chi connectivity index (χ1) is 17.0. The third-order valence-corrected chi connectivity index (χ3v) is 7.46. The number of fused-ring (bicyclic) bond motifs is 2. The van der Waals surface area contributed by atoms with Crippen LogP contribution in [0.15, 0.2) is 84.9 Å². The number of nitrogens with one attached hydrogen (secondary N) is 1. The van der Waals surface area contributed by atoms with Crippen molar-refractivity contribution in [1.82, 2.24) is 14.9 Å². The Morgan fingerprint density at radius 3 is 2.37 bits per heavy atom. The molecule has 5 heteroatoms. The molecule has 174 valence electrons. The number of nitrogens with zero attached hydrogens (tertiary/aromatic N) is 2. The van der Waals surface area contributed by atoms with Crippen LogP contribution in [0.5, 0.6) is 0 Å². The van der Waals surface area contributed by atoms with Gasteiger partial charge in [0.2, 0.25) is 5.36 Å². The van der Waals surface area contributed by atoms with E-state index in [2.05, 4.69) is 66.5 Å². The van der Waals surface area contributed by atoms with Gasteiger partial charge in [-0.25, -0.2) is 9.56 Å². The van der Waals surface area contributed by atoms with E-state index in [9.17, 15) is 4.79 Å². The summed E-state index contributed by atoms with van der Waals surface area (Å²) in [6.45, 7) is 0.790. The maximum Gasteiger partial charge on any atom is 0.201 e. The summed E-state index contributed by atoms with van der Waals surface area (Å²) in [5.41, 5.74) is 7.19. The van der Waals surface area contributed by atoms with Gasteiger partial charge in [0.15, 0.2) is 5.78 Å². The molecule has 0 spiro atoms. The minimum absolute atomic E-state index is 0.0489. The van der Waals surface area contributed by atoms with Crippen molar-refractivity contribution in [2.45, 2.75) is 13.0 Å². The lowest BCUT2D eigenvalue weighted by atomic mass is 9.96. The maximum absolute atomic E-state index is 12.8. The predicted octanol–water partition coefficient (Wildman–Crippen LogP) is 4.97. The van der Waals surface area contributed by atoms with Crippen LogP contribution in [0.3, 0.4) is 0 Å². The van der Waals surface area contributed by atoms with Crippen LogP contribution in [-0.2, 0) is 13.0 Å². The van der Waals surface area contributed by atoms with Crippen molar-refractivity contribution >= 4 is 27.3 Å². The van der Waals surface area contributed by atoms with Gasteiger partial charge < -0.3 is 5.32 Å². The summed E-state index contributed by atoms with van der Waals surface area (Å²) in [6.07, 6.45) is 0.783. The number of carbonyl (C=O) groups excluding carboxylic acids is 1. The van der Waals surface area contributed by atoms with E-state index in [0.717, 1.165) is 24.2 Å². The topological polar surface area (TPSA) is 45.0 Å². The van der Waals surface area contributed by atoms with Gasteiger partial charge in [-0.15, -0.1) is 11.3 Å². The smallest absolute Gasteiger partial charge is 0.201 e. The molecular formula is C30H28N3OS+. The van der Waals surface area contributed by atoms with E-state index in [1.165, 1.54) is 31.6 Å². The Balaban J connectivity index is 1.56. The van der Waals surface area contributed by atoms with Crippen molar-refractivity contribution in [2.75, 3.05) is 21.1 Å². The maximum atomic E-state index is 12.8. The molecule has 3 aromatic carbocycles. The van der Waals surface area contributed by atoms with Crippen LogP contribution in [0.2, 0.25) is 0 Å². The second-order valence-electron chi connectivity index (χ2n) is 8.91. The molecule has 4 nitrogen and oxygen atoms in total. The number of benzene rings is 4. The zero-order valence-corrected chi connectivity index (χ0v) is 21.0. The third kappa shape index (κ3) is 4.78. The van der Waals surface area contributed by atoms with Gasteiger partial charge in [-0.1, -0.05) is 60.7 Å². The van der Waals surface area contributed by atoms with Crippen LogP contribution in [0.4, 0.5) is 0 Å². The number of ketones is 1. The van der Waals surface area contributed by atoms with Crippen molar-refractivity contribution in [3.63, 3.8) is 0 Å². The Labute approximate surface area is 209 Å². The van der Waals surface area contributed by atoms with Crippen LogP contribution in [0.1, 0.15) is 32.6 Å². The highest BCUT2D eigenvalue weighted by molar-refractivity contribution is 7.21. The largest absolute Gasteiger partial charge is 0.316 e. The Morgan fingerprint density at radius 2 is 1.66 bits per heavy atom. The van der Waals surface area contributed by atoms with Crippen molar-refractivity contribution in [3.05, 3.63) is 118 Å². The average Bonchev–Trinajstić information content (AvgIpc) is 2.89. The van der Waals surface area contributed by atoms with Gasteiger partial charge in [-0.05, 0) is 42.3 Å². The Bertz CT molecular complexity index is 1550. The van der Waals surface area contributed by atoms with Crippen LogP contribution in [0.25, 0.3) is 20.8 Å². The number of rotatable bonds is 6. The Hall–Kier alpha value is -3.67. The lowest BCUT2D eigenvalue weighted by Gasteiger charge is -2.15. The van der Waals surface area contributed by atoms with Gasteiger partial charge in [0, 0.05) is 29.8 Å². The third-order valence-electron chi connectivity index (χ3n) is 6.25. The fourth-order valence-corrected chi connectivity index (χ4v) is 5.50. The molecule has 0 fully saturated rings. The van der Waals surface area contributed by atoms with Crippen molar-refractivity contribution in [3.8, 4) is 10.6 Å². The summed E-state index contributed by atoms with van der Waals surface area (Å²) in [5, 5.41) is 4.48. The molecule has 0 aromatic heterocycles. The molecule has 0 saturated heterocycles. The number of aromatic nitrogens is 1. The molecule has 0 atom stereocenters. The summed E-state index contributed by atoms with van der Waals surface area (Å²) in [6, 6.07) is 28.2. The summed E-state index contributed by atoms with van der Waals surface area (Å²) in [7, 11) is 6.09. The molecule has 0 saturated carbocycles. The molecule has 2 aliphatic rings. The standard InChI is InChI=1S/C30H28N3OS/c1-31-19-23-13-15-27-30(35-28-18-24(33(2)3)14-16-26(28)32-27)25(23)17-20-9-11-22(12-10-20)29(34)21-7-5-4-6-8-21/h4-16,18,31H,17,19H2,1-3H3/q+1. The molecule has 1 heterocycles. The molecule has 5 rings (SSSR count). The van der Waals surface area contributed by atoms with E-state index in [1.54, 1.807) is 11.3 Å². The van der Waals surface area contributed by atoms with Crippen LogP contribution >= 0.6 is 11.3 Å². The molecule has 35 heavy (non-hydrogen) atoms. The van der Waals surface area contributed by atoms with Gasteiger partial charge >= 0.3 is 0 Å². The van der Waals surface area contributed by atoms with E-state index in [0.29, 0.717) is 11.1 Å². The van der Waals surface area contributed by atoms with Crippen LogP contribution < -0.4 is 15.2 Å². The highest BCUT2D eigenvalue weighted by Gasteiger charge is 2.15. The minimum Gasteiger partial charge on any atom is -0.316 e. The average molecular weight is 479 g/mol. The summed E-state index contributed by atoms with van der Waals surface area (Å²) in [4.78, 5) is 19.0. The first-order valence-corrected chi connectivity index (χ1v) is 12.5. The lowest BCUT2D eigenvalue weighted by molar-refractivity contribution is 0.103. The lowest BCUT2D eigenvalue weighted by Crippen LogP contribution is -2.21. The zero-order valence-electron chi connectivity index (χ0n) is 20.2. The highest BCUT2D eigenvalue weighted by Crippen LogP contribution is 2.34. The molecular weight excluding hydrogens is 450 g/mol. The second-order valence-corrected chi connectivity index (χ2v) is 9.96. The molecule has 0 amide bonds. The SMILES string of the molecule is CNCc1ccc2nc3ccc(=[N+](C)C)cc-3sc2c1Cc1ccc(C(=O)c2ccccc2)cc1.